The number of aromatic nitrogens is 1. The number of carbonyl (C=O) groups excluding carboxylic acids is 2. The molecular formula is C24H28ClN3O3S. The number of fused-ring (bicyclic) bond motifs is 3. The highest BCUT2D eigenvalue weighted by Gasteiger charge is 2.47. The summed E-state index contributed by atoms with van der Waals surface area (Å²) in [5, 5.41) is 6.73. The average Bonchev–Trinajstić information content (AvgIpc) is 3.34. The first-order valence-corrected chi connectivity index (χ1v) is 12.1. The van der Waals surface area contributed by atoms with Crippen LogP contribution in [-0.2, 0) is 22.6 Å². The number of ether oxygens (including phenoxy) is 1. The lowest BCUT2D eigenvalue weighted by atomic mass is 9.94. The number of benzene rings is 1. The molecule has 0 saturated heterocycles. The van der Waals surface area contributed by atoms with E-state index < -0.39 is 5.54 Å². The predicted octanol–water partition coefficient (Wildman–Crippen LogP) is 4.70. The molecule has 0 fully saturated rings. The highest BCUT2D eigenvalue weighted by molar-refractivity contribution is 7.16. The number of hydrogen-bond donors (Lipinski definition) is 1. The normalized spacial score (nSPS) is 18.4. The third-order valence-corrected chi connectivity index (χ3v) is 7.06. The fraction of sp³-hybridized carbons (Fsp3) is 0.417. The molecule has 32 heavy (non-hydrogen) atoms. The Morgan fingerprint density at radius 1 is 1.28 bits per heavy atom. The van der Waals surface area contributed by atoms with Crippen molar-refractivity contribution in [2.45, 2.75) is 51.9 Å². The molecule has 6 nitrogen and oxygen atoms in total. The van der Waals surface area contributed by atoms with Gasteiger partial charge in [-0.15, -0.1) is 11.3 Å². The summed E-state index contributed by atoms with van der Waals surface area (Å²) in [6, 6.07) is 11.3. The van der Waals surface area contributed by atoms with Gasteiger partial charge in [0.25, 0.3) is 5.91 Å². The van der Waals surface area contributed by atoms with Crippen LogP contribution < -0.4 is 5.32 Å². The molecule has 0 bridgehead atoms. The Balaban J connectivity index is 1.58. The van der Waals surface area contributed by atoms with Crippen molar-refractivity contribution in [1.82, 2.24) is 14.8 Å². The van der Waals surface area contributed by atoms with E-state index in [0.717, 1.165) is 15.8 Å². The van der Waals surface area contributed by atoms with Crippen LogP contribution in [0.15, 0.2) is 41.8 Å². The lowest BCUT2D eigenvalue weighted by Gasteiger charge is -2.44. The van der Waals surface area contributed by atoms with Crippen molar-refractivity contribution in [2.75, 3.05) is 13.2 Å². The van der Waals surface area contributed by atoms with E-state index in [9.17, 15) is 9.59 Å². The molecule has 2 amide bonds. The average molecular weight is 474 g/mol. The molecule has 3 aromatic rings. The van der Waals surface area contributed by atoms with Gasteiger partial charge >= 0.3 is 0 Å². The number of rotatable bonds is 8. The van der Waals surface area contributed by atoms with Crippen LogP contribution in [0.3, 0.4) is 0 Å². The first kappa shape index (κ1) is 22.8. The Morgan fingerprint density at radius 2 is 2.03 bits per heavy atom. The van der Waals surface area contributed by atoms with Crippen LogP contribution in [0.5, 0.6) is 0 Å². The lowest BCUT2D eigenvalue weighted by molar-refractivity contribution is -0.133. The van der Waals surface area contributed by atoms with Crippen LogP contribution in [0, 0.1) is 0 Å². The molecule has 170 valence electrons. The smallest absolute Gasteiger partial charge is 0.271 e. The summed E-state index contributed by atoms with van der Waals surface area (Å²) in [6.45, 7) is 7.61. The minimum Gasteiger partial charge on any atom is -0.379 e. The molecule has 1 atom stereocenters. The lowest BCUT2D eigenvalue weighted by Crippen LogP contribution is -2.64. The third-order valence-electron chi connectivity index (χ3n) is 5.86. The zero-order chi connectivity index (χ0) is 22.9. The Hall–Kier alpha value is -2.35. The zero-order valence-electron chi connectivity index (χ0n) is 18.6. The van der Waals surface area contributed by atoms with Gasteiger partial charge in [0.15, 0.2) is 0 Å². The van der Waals surface area contributed by atoms with E-state index in [1.807, 2.05) is 55.0 Å². The second-order valence-electron chi connectivity index (χ2n) is 8.61. The number of halogens is 1. The Bertz CT molecular complexity index is 1120. The van der Waals surface area contributed by atoms with Crippen LogP contribution >= 0.6 is 22.9 Å². The number of carbonyl (C=O) groups is 2. The van der Waals surface area contributed by atoms with Gasteiger partial charge in [0.2, 0.25) is 5.91 Å². The molecule has 0 saturated carbocycles. The van der Waals surface area contributed by atoms with Gasteiger partial charge in [0.05, 0.1) is 12.6 Å². The van der Waals surface area contributed by atoms with Crippen molar-refractivity contribution in [3.05, 3.63) is 58.1 Å². The van der Waals surface area contributed by atoms with Crippen LogP contribution in [0.4, 0.5) is 0 Å². The van der Waals surface area contributed by atoms with Gasteiger partial charge in [0, 0.05) is 30.1 Å². The molecule has 0 spiro atoms. The minimum absolute atomic E-state index is 0.117. The van der Waals surface area contributed by atoms with E-state index in [2.05, 4.69) is 5.32 Å². The van der Waals surface area contributed by atoms with Crippen molar-refractivity contribution in [3.63, 3.8) is 0 Å². The SMILES string of the molecule is CC(C)OCCCN1C(=O)c2cc3ccsc3n2CC1(C)C(=O)NCc1ccc(Cl)cc1. The number of nitrogens with zero attached hydrogens (tertiary/aromatic N) is 2. The van der Waals surface area contributed by atoms with Crippen LogP contribution in [0.25, 0.3) is 10.2 Å². The minimum atomic E-state index is -1.01. The third kappa shape index (κ3) is 4.42. The predicted molar refractivity (Wildman–Crippen MR) is 128 cm³/mol. The Morgan fingerprint density at radius 3 is 2.75 bits per heavy atom. The molecule has 1 aliphatic heterocycles. The molecule has 8 heteroatoms. The highest BCUT2D eigenvalue weighted by Crippen LogP contribution is 2.34. The number of hydrogen-bond acceptors (Lipinski definition) is 4. The van der Waals surface area contributed by atoms with E-state index in [-0.39, 0.29) is 17.9 Å². The second-order valence-corrected chi connectivity index (χ2v) is 9.94. The number of amides is 2. The Labute approximate surface area is 197 Å². The van der Waals surface area contributed by atoms with Gasteiger partial charge in [0.1, 0.15) is 16.1 Å². The summed E-state index contributed by atoms with van der Waals surface area (Å²) in [5.74, 6) is -0.289. The van der Waals surface area contributed by atoms with Crippen molar-refractivity contribution < 1.29 is 14.3 Å². The topological polar surface area (TPSA) is 63.6 Å². The number of nitrogens with one attached hydrogen (secondary N) is 1. The molecule has 1 N–H and O–H groups in total. The zero-order valence-corrected chi connectivity index (χ0v) is 20.1. The maximum atomic E-state index is 13.5. The molecule has 1 aliphatic rings. The first-order chi connectivity index (χ1) is 15.3. The maximum Gasteiger partial charge on any atom is 0.271 e. The summed E-state index contributed by atoms with van der Waals surface area (Å²) in [6.07, 6.45) is 0.795. The maximum absolute atomic E-state index is 13.5. The van der Waals surface area contributed by atoms with E-state index in [1.165, 1.54) is 0 Å². The van der Waals surface area contributed by atoms with Gasteiger partial charge in [-0.2, -0.15) is 0 Å². The van der Waals surface area contributed by atoms with Gasteiger partial charge in [-0.05, 0) is 62.4 Å². The highest BCUT2D eigenvalue weighted by atomic mass is 35.5. The molecule has 1 aromatic carbocycles. The first-order valence-electron chi connectivity index (χ1n) is 10.8. The second kappa shape index (κ2) is 9.25. The van der Waals surface area contributed by atoms with Crippen molar-refractivity contribution in [1.29, 1.82) is 0 Å². The molecular weight excluding hydrogens is 446 g/mol. The molecule has 1 unspecified atom stereocenters. The van der Waals surface area contributed by atoms with Crippen LogP contribution in [0.2, 0.25) is 5.02 Å². The molecule has 2 aromatic heterocycles. The monoisotopic (exact) mass is 473 g/mol. The van der Waals surface area contributed by atoms with Crippen molar-refractivity contribution in [3.8, 4) is 0 Å². The Kier molecular flexibility index (Phi) is 6.60. The van der Waals surface area contributed by atoms with Crippen LogP contribution in [-0.4, -0.2) is 46.1 Å². The standard InChI is InChI=1S/C24H28ClN3O3S/c1-16(2)31-11-4-10-28-21(29)20-13-18-9-12-32-22(18)27(20)15-24(28,3)23(30)26-14-17-5-7-19(25)8-6-17/h5-9,12-13,16H,4,10-11,14-15H2,1-3H3,(H,26,30). The van der Waals surface area contributed by atoms with Gasteiger partial charge < -0.3 is 19.5 Å². The molecule has 0 radical (unpaired) electrons. The summed E-state index contributed by atoms with van der Waals surface area (Å²) in [4.78, 5) is 29.7. The molecule has 3 heterocycles. The summed E-state index contributed by atoms with van der Waals surface area (Å²) < 4.78 is 7.66. The van der Waals surface area contributed by atoms with Crippen molar-refractivity contribution in [2.24, 2.45) is 0 Å². The van der Waals surface area contributed by atoms with Gasteiger partial charge in [-0.3, -0.25) is 9.59 Å². The van der Waals surface area contributed by atoms with Crippen LogP contribution in [0.1, 0.15) is 43.2 Å². The van der Waals surface area contributed by atoms with E-state index in [1.54, 1.807) is 28.4 Å². The quantitative estimate of drug-likeness (QED) is 0.482. The summed E-state index contributed by atoms with van der Waals surface area (Å²) in [7, 11) is 0. The summed E-state index contributed by atoms with van der Waals surface area (Å²) >= 11 is 7.55. The van der Waals surface area contributed by atoms with E-state index >= 15 is 0 Å². The van der Waals surface area contributed by atoms with Gasteiger partial charge in [-0.25, -0.2) is 0 Å². The molecule has 4 rings (SSSR count). The summed E-state index contributed by atoms with van der Waals surface area (Å²) in [5.41, 5.74) is 0.580. The molecule has 0 aliphatic carbocycles. The van der Waals surface area contributed by atoms with Crippen molar-refractivity contribution >= 4 is 45.0 Å². The fourth-order valence-corrected chi connectivity index (χ4v) is 5.15. The van der Waals surface area contributed by atoms with E-state index in [4.69, 9.17) is 16.3 Å². The largest absolute Gasteiger partial charge is 0.379 e. The number of thiophene rings is 1. The van der Waals surface area contributed by atoms with E-state index in [0.29, 0.717) is 43.4 Å². The van der Waals surface area contributed by atoms with Gasteiger partial charge in [-0.1, -0.05) is 23.7 Å². The fourth-order valence-electron chi connectivity index (χ4n) is 4.12.